The smallest absolute Gasteiger partial charge is 0.314 e. The van der Waals surface area contributed by atoms with Gasteiger partial charge >= 0.3 is 11.8 Å². The number of carbonyl (C=O) groups excluding carboxylic acids is 2. The van der Waals surface area contributed by atoms with Crippen molar-refractivity contribution in [2.24, 2.45) is 0 Å². The zero-order chi connectivity index (χ0) is 18.4. The molecule has 132 valence electrons. The number of rotatable bonds is 5. The van der Waals surface area contributed by atoms with Crippen molar-refractivity contribution in [2.75, 3.05) is 32.0 Å². The second-order valence-electron chi connectivity index (χ2n) is 5.18. The Kier molecular flexibility index (Phi) is 5.84. The topological polar surface area (TPSA) is 85.9 Å². The van der Waals surface area contributed by atoms with E-state index >= 15 is 0 Å². The lowest BCUT2D eigenvalue weighted by atomic mass is 10.2. The SMILES string of the molecule is COc1ccc(C)cc1NC(=O)C(=O)Nc1ccc(OC)c(OC)c1. The maximum atomic E-state index is 12.1. The molecule has 0 atom stereocenters. The average Bonchev–Trinajstić information content (AvgIpc) is 2.61. The van der Waals surface area contributed by atoms with E-state index in [-0.39, 0.29) is 0 Å². The van der Waals surface area contributed by atoms with Gasteiger partial charge in [-0.2, -0.15) is 0 Å². The largest absolute Gasteiger partial charge is 0.495 e. The van der Waals surface area contributed by atoms with Gasteiger partial charge in [-0.15, -0.1) is 0 Å². The Morgan fingerprint density at radius 1 is 0.760 bits per heavy atom. The van der Waals surface area contributed by atoms with E-state index in [0.717, 1.165) is 5.56 Å². The number of carbonyl (C=O) groups is 2. The fourth-order valence-electron chi connectivity index (χ4n) is 2.20. The summed E-state index contributed by atoms with van der Waals surface area (Å²) in [5.74, 6) is -0.178. The summed E-state index contributed by atoms with van der Waals surface area (Å²) in [5, 5.41) is 5.05. The second-order valence-corrected chi connectivity index (χ2v) is 5.18. The molecule has 0 aliphatic heterocycles. The third-order valence-corrected chi connectivity index (χ3v) is 3.45. The zero-order valence-corrected chi connectivity index (χ0v) is 14.5. The number of nitrogens with one attached hydrogen (secondary N) is 2. The zero-order valence-electron chi connectivity index (χ0n) is 14.5. The summed E-state index contributed by atoms with van der Waals surface area (Å²) in [6.07, 6.45) is 0. The Bertz CT molecular complexity index is 789. The number of benzene rings is 2. The predicted molar refractivity (Wildman–Crippen MR) is 94.5 cm³/mol. The molecule has 25 heavy (non-hydrogen) atoms. The quantitative estimate of drug-likeness (QED) is 0.814. The van der Waals surface area contributed by atoms with Crippen molar-refractivity contribution in [3.8, 4) is 17.2 Å². The molecule has 0 spiro atoms. The molecule has 0 radical (unpaired) electrons. The molecule has 2 aromatic rings. The maximum absolute atomic E-state index is 12.1. The van der Waals surface area contributed by atoms with Gasteiger partial charge in [0, 0.05) is 11.8 Å². The van der Waals surface area contributed by atoms with Crippen LogP contribution in [0.2, 0.25) is 0 Å². The van der Waals surface area contributed by atoms with Gasteiger partial charge in [0.05, 0.1) is 27.0 Å². The first-order valence-corrected chi connectivity index (χ1v) is 7.47. The standard InChI is InChI=1S/C18H20N2O5/c1-11-5-7-14(23-2)13(9-11)20-18(22)17(21)19-12-6-8-15(24-3)16(10-12)25-4/h5-10H,1-4H3,(H,19,21)(H,20,22). The van der Waals surface area contributed by atoms with Gasteiger partial charge in [0.2, 0.25) is 0 Å². The van der Waals surface area contributed by atoms with Gasteiger partial charge in [0.25, 0.3) is 0 Å². The molecule has 2 amide bonds. The Morgan fingerprint density at radius 2 is 1.36 bits per heavy atom. The van der Waals surface area contributed by atoms with Gasteiger partial charge in [-0.3, -0.25) is 9.59 Å². The minimum Gasteiger partial charge on any atom is -0.495 e. The fraction of sp³-hybridized carbons (Fsp3) is 0.222. The van der Waals surface area contributed by atoms with E-state index in [1.54, 1.807) is 30.3 Å². The van der Waals surface area contributed by atoms with Crippen LogP contribution in [0.25, 0.3) is 0 Å². The van der Waals surface area contributed by atoms with Crippen molar-refractivity contribution < 1.29 is 23.8 Å². The second kappa shape index (κ2) is 8.05. The highest BCUT2D eigenvalue weighted by Crippen LogP contribution is 2.30. The minimum atomic E-state index is -0.809. The molecule has 2 aromatic carbocycles. The predicted octanol–water partition coefficient (Wildman–Crippen LogP) is 2.60. The molecule has 0 aliphatic rings. The van der Waals surface area contributed by atoms with E-state index < -0.39 is 11.8 Å². The number of aryl methyl sites for hydroxylation is 1. The van der Waals surface area contributed by atoms with Crippen molar-refractivity contribution in [1.82, 2.24) is 0 Å². The van der Waals surface area contributed by atoms with E-state index in [1.807, 2.05) is 13.0 Å². The van der Waals surface area contributed by atoms with Crippen LogP contribution in [0.5, 0.6) is 17.2 Å². The molecule has 2 N–H and O–H groups in total. The Hall–Kier alpha value is -3.22. The van der Waals surface area contributed by atoms with Gasteiger partial charge in [-0.05, 0) is 36.8 Å². The lowest BCUT2D eigenvalue weighted by Gasteiger charge is -2.12. The number of hydrogen-bond donors (Lipinski definition) is 2. The number of ether oxygens (including phenoxy) is 3. The molecule has 0 heterocycles. The Labute approximate surface area is 145 Å². The Morgan fingerprint density at radius 3 is 2.00 bits per heavy atom. The van der Waals surface area contributed by atoms with E-state index in [9.17, 15) is 9.59 Å². The highest BCUT2D eigenvalue weighted by atomic mass is 16.5. The van der Waals surface area contributed by atoms with Gasteiger partial charge < -0.3 is 24.8 Å². The van der Waals surface area contributed by atoms with Crippen molar-refractivity contribution in [3.05, 3.63) is 42.0 Å². The first-order valence-electron chi connectivity index (χ1n) is 7.47. The van der Waals surface area contributed by atoms with Crippen LogP contribution in [-0.2, 0) is 9.59 Å². The van der Waals surface area contributed by atoms with Gasteiger partial charge in [0.15, 0.2) is 11.5 Å². The summed E-state index contributed by atoms with van der Waals surface area (Å²) in [6, 6.07) is 10.1. The molecular formula is C18H20N2O5. The molecule has 0 bridgehead atoms. The summed E-state index contributed by atoms with van der Waals surface area (Å²) in [5.41, 5.74) is 1.76. The van der Waals surface area contributed by atoms with Crippen LogP contribution in [0.4, 0.5) is 11.4 Å². The number of hydrogen-bond acceptors (Lipinski definition) is 5. The lowest BCUT2D eigenvalue weighted by molar-refractivity contribution is -0.133. The summed E-state index contributed by atoms with van der Waals surface area (Å²) < 4.78 is 15.5. The number of amides is 2. The lowest BCUT2D eigenvalue weighted by Crippen LogP contribution is -2.29. The molecule has 7 nitrogen and oxygen atoms in total. The monoisotopic (exact) mass is 344 g/mol. The van der Waals surface area contributed by atoms with E-state index in [4.69, 9.17) is 14.2 Å². The molecule has 7 heteroatoms. The van der Waals surface area contributed by atoms with Gasteiger partial charge in [-0.1, -0.05) is 6.07 Å². The number of anilines is 2. The van der Waals surface area contributed by atoms with Crippen LogP contribution in [0.1, 0.15) is 5.56 Å². The van der Waals surface area contributed by atoms with E-state index in [1.165, 1.54) is 21.3 Å². The summed E-state index contributed by atoms with van der Waals surface area (Å²) in [4.78, 5) is 24.3. The fourth-order valence-corrected chi connectivity index (χ4v) is 2.20. The molecule has 0 aromatic heterocycles. The van der Waals surface area contributed by atoms with E-state index in [0.29, 0.717) is 28.6 Å². The van der Waals surface area contributed by atoms with Crippen LogP contribution in [-0.4, -0.2) is 33.1 Å². The number of methoxy groups -OCH3 is 3. The van der Waals surface area contributed by atoms with Gasteiger partial charge in [-0.25, -0.2) is 0 Å². The van der Waals surface area contributed by atoms with Crippen LogP contribution in [0.15, 0.2) is 36.4 Å². The third-order valence-electron chi connectivity index (χ3n) is 3.45. The molecular weight excluding hydrogens is 324 g/mol. The van der Waals surface area contributed by atoms with Crippen molar-refractivity contribution in [2.45, 2.75) is 6.92 Å². The first-order chi connectivity index (χ1) is 12.0. The van der Waals surface area contributed by atoms with E-state index in [2.05, 4.69) is 10.6 Å². The molecule has 0 saturated heterocycles. The van der Waals surface area contributed by atoms with Crippen LogP contribution in [0, 0.1) is 6.92 Å². The molecule has 0 unspecified atom stereocenters. The summed E-state index contributed by atoms with van der Waals surface area (Å²) in [7, 11) is 4.49. The van der Waals surface area contributed by atoms with Crippen LogP contribution in [0.3, 0.4) is 0 Å². The van der Waals surface area contributed by atoms with Gasteiger partial charge in [0.1, 0.15) is 5.75 Å². The van der Waals surface area contributed by atoms with Crippen molar-refractivity contribution in [3.63, 3.8) is 0 Å². The highest BCUT2D eigenvalue weighted by molar-refractivity contribution is 6.43. The molecule has 0 saturated carbocycles. The average molecular weight is 344 g/mol. The summed E-state index contributed by atoms with van der Waals surface area (Å²) in [6.45, 7) is 1.87. The molecule has 0 fully saturated rings. The third kappa shape index (κ3) is 4.41. The van der Waals surface area contributed by atoms with Crippen LogP contribution < -0.4 is 24.8 Å². The maximum Gasteiger partial charge on any atom is 0.314 e. The molecule has 2 rings (SSSR count). The minimum absolute atomic E-state index is 0.411. The molecule has 0 aliphatic carbocycles. The van der Waals surface area contributed by atoms with Crippen molar-refractivity contribution >= 4 is 23.2 Å². The first kappa shape index (κ1) is 18.1. The normalized spacial score (nSPS) is 9.92. The highest BCUT2D eigenvalue weighted by Gasteiger charge is 2.17. The van der Waals surface area contributed by atoms with Crippen LogP contribution >= 0.6 is 0 Å². The van der Waals surface area contributed by atoms with Crippen molar-refractivity contribution in [1.29, 1.82) is 0 Å². The summed E-state index contributed by atoms with van der Waals surface area (Å²) >= 11 is 0. The Balaban J connectivity index is 2.11.